The Bertz CT molecular complexity index is 5110. The van der Waals surface area contributed by atoms with Gasteiger partial charge in [0.1, 0.15) is 5.82 Å². The fourth-order valence-corrected chi connectivity index (χ4v) is 12.5. The molecular weight excluding hydrogens is 1070 g/mol. The third kappa shape index (κ3) is 9.24. The van der Waals surface area contributed by atoms with E-state index in [-0.39, 0.29) is 0 Å². The molecule has 0 bridgehead atoms. The Hall–Kier alpha value is -12.2. The van der Waals surface area contributed by atoms with Gasteiger partial charge in [-0.2, -0.15) is 5.26 Å². The van der Waals surface area contributed by atoms with Crippen molar-refractivity contribution in [3.8, 4) is 118 Å². The first-order valence-corrected chi connectivity index (χ1v) is 29.3. The van der Waals surface area contributed by atoms with Crippen LogP contribution in [0.15, 0.2) is 304 Å². The van der Waals surface area contributed by atoms with E-state index >= 15 is 0 Å². The van der Waals surface area contributed by atoms with Crippen molar-refractivity contribution in [1.82, 2.24) is 34.1 Å². The molecule has 0 radical (unpaired) electrons. The number of hydrogen-bond donors (Lipinski definition) is 0. The first-order chi connectivity index (χ1) is 43.6. The lowest BCUT2D eigenvalue weighted by atomic mass is 9.99. The topological polar surface area (TPSA) is 98.1 Å². The summed E-state index contributed by atoms with van der Waals surface area (Å²) >= 11 is 0. The zero-order chi connectivity index (χ0) is 58.5. The molecule has 8 heteroatoms. The van der Waals surface area contributed by atoms with E-state index in [0.29, 0.717) is 11.4 Å². The van der Waals surface area contributed by atoms with Gasteiger partial charge in [0.25, 0.3) is 0 Å². The molecule has 0 unspecified atom stereocenters. The summed E-state index contributed by atoms with van der Waals surface area (Å²) in [5.41, 5.74) is 23.4. The van der Waals surface area contributed by atoms with Gasteiger partial charge in [0.2, 0.25) is 0 Å². The monoisotopic (exact) mass is 1120 g/mol. The second-order valence-corrected chi connectivity index (χ2v) is 22.0. The molecule has 0 saturated carbocycles. The van der Waals surface area contributed by atoms with E-state index < -0.39 is 0 Å². The fourth-order valence-electron chi connectivity index (χ4n) is 12.5. The quantitative estimate of drug-likeness (QED) is 0.128. The molecule has 88 heavy (non-hydrogen) atoms. The Morgan fingerprint density at radius 1 is 0.261 bits per heavy atom. The number of hydrogen-bond acceptors (Lipinski definition) is 6. The van der Waals surface area contributed by atoms with Gasteiger partial charge in [0.05, 0.1) is 68.4 Å². The van der Waals surface area contributed by atoms with Crippen LogP contribution < -0.4 is 0 Å². The van der Waals surface area contributed by atoms with E-state index in [9.17, 15) is 5.26 Å². The van der Waals surface area contributed by atoms with Gasteiger partial charge in [-0.05, 0) is 154 Å². The van der Waals surface area contributed by atoms with E-state index in [1.54, 1.807) is 0 Å². The SMILES string of the molecule is N#Cc1ccccc1-c1cc(-n2c3ccc(-c4ccnc(-c5ccccc5)c4)cc3c3cc(-c4ccnc(-c5ccccc5)c4)ccc32)ncc1-n1c2ccc(-c3ccnc(-c4ccccc4)c3)cc2c2cc(-c3ccnc(-c4ccccc4)c3)ccc21. The summed E-state index contributed by atoms with van der Waals surface area (Å²) in [4.78, 5) is 24.7. The first kappa shape index (κ1) is 51.5. The van der Waals surface area contributed by atoms with Crippen LogP contribution >= 0.6 is 0 Å². The van der Waals surface area contributed by atoms with Gasteiger partial charge in [-0.25, -0.2) is 4.98 Å². The van der Waals surface area contributed by atoms with Crippen LogP contribution in [0.2, 0.25) is 0 Å². The van der Waals surface area contributed by atoms with Crippen LogP contribution in [0.3, 0.4) is 0 Å². The minimum absolute atomic E-state index is 0.556. The van der Waals surface area contributed by atoms with Gasteiger partial charge in [-0.3, -0.25) is 24.5 Å². The fraction of sp³-hybridized carbons (Fsp3) is 0. The lowest BCUT2D eigenvalue weighted by Gasteiger charge is -2.17. The van der Waals surface area contributed by atoms with Gasteiger partial charge in [-0.1, -0.05) is 164 Å². The number of aromatic nitrogens is 7. The van der Waals surface area contributed by atoms with Crippen LogP contribution in [0.4, 0.5) is 0 Å². The highest BCUT2D eigenvalue weighted by atomic mass is 15.1. The van der Waals surface area contributed by atoms with Crippen molar-refractivity contribution in [3.63, 3.8) is 0 Å². The van der Waals surface area contributed by atoms with E-state index in [2.05, 4.69) is 191 Å². The molecule has 0 saturated heterocycles. The number of benzene rings is 9. The first-order valence-electron chi connectivity index (χ1n) is 29.3. The molecule has 9 aromatic carbocycles. The molecule has 0 N–H and O–H groups in total. The van der Waals surface area contributed by atoms with Gasteiger partial charge in [0, 0.05) is 79.7 Å². The van der Waals surface area contributed by atoms with Crippen molar-refractivity contribution < 1.29 is 0 Å². The molecule has 8 nitrogen and oxygen atoms in total. The highest BCUT2D eigenvalue weighted by Crippen LogP contribution is 2.43. The molecule has 7 aromatic heterocycles. The zero-order valence-corrected chi connectivity index (χ0v) is 47.4. The number of pyridine rings is 5. The number of nitriles is 1. The average Bonchev–Trinajstić information content (AvgIpc) is 1.81. The molecule has 0 spiro atoms. The van der Waals surface area contributed by atoms with Crippen LogP contribution in [-0.2, 0) is 0 Å². The third-order valence-corrected chi connectivity index (χ3v) is 16.9. The smallest absolute Gasteiger partial charge is 0.138 e. The molecule has 7 heterocycles. The summed E-state index contributed by atoms with van der Waals surface area (Å²) in [5, 5.41) is 15.2. The number of nitrogens with zero attached hydrogens (tertiary/aromatic N) is 8. The van der Waals surface area contributed by atoms with Crippen LogP contribution in [-0.4, -0.2) is 34.1 Å². The summed E-state index contributed by atoms with van der Waals surface area (Å²) < 4.78 is 4.59. The second-order valence-electron chi connectivity index (χ2n) is 22.0. The zero-order valence-electron chi connectivity index (χ0n) is 47.4. The third-order valence-electron chi connectivity index (χ3n) is 16.9. The van der Waals surface area contributed by atoms with Crippen molar-refractivity contribution in [2.45, 2.75) is 0 Å². The summed E-state index contributed by atoms with van der Waals surface area (Å²) in [5.74, 6) is 0.710. The molecule has 16 rings (SSSR count). The summed E-state index contributed by atoms with van der Waals surface area (Å²) in [7, 11) is 0. The van der Waals surface area contributed by atoms with Crippen molar-refractivity contribution in [2.75, 3.05) is 0 Å². The van der Waals surface area contributed by atoms with Gasteiger partial charge < -0.3 is 4.57 Å². The maximum absolute atomic E-state index is 11.0. The minimum atomic E-state index is 0.556. The number of fused-ring (bicyclic) bond motifs is 6. The molecule has 410 valence electrons. The molecule has 0 atom stereocenters. The van der Waals surface area contributed by atoms with Crippen molar-refractivity contribution >= 4 is 43.6 Å². The van der Waals surface area contributed by atoms with Crippen LogP contribution in [0.25, 0.3) is 156 Å². The molecule has 0 aliphatic carbocycles. The molecule has 16 aromatic rings. The van der Waals surface area contributed by atoms with Crippen LogP contribution in [0.5, 0.6) is 0 Å². The van der Waals surface area contributed by atoms with E-state index in [0.717, 1.165) is 150 Å². The van der Waals surface area contributed by atoms with E-state index in [4.69, 9.17) is 24.9 Å². The predicted octanol–water partition coefficient (Wildman–Crippen LogP) is 19.7. The van der Waals surface area contributed by atoms with E-state index in [1.165, 1.54) is 0 Å². The maximum Gasteiger partial charge on any atom is 0.138 e. The van der Waals surface area contributed by atoms with Gasteiger partial charge in [0.15, 0.2) is 0 Å². The lowest BCUT2D eigenvalue weighted by molar-refractivity contribution is 1.06. The number of rotatable bonds is 11. The van der Waals surface area contributed by atoms with Crippen molar-refractivity contribution in [1.29, 1.82) is 5.26 Å². The maximum atomic E-state index is 11.0. The standard InChI is InChI=1S/C80H50N8/c81-50-64-23-13-14-24-65(64)70-49-80(88-77-31-27-58(62-35-39-84-73(47-62)54-19-9-3-10-20-54)43-68(77)69-44-59(28-32-78(69)88)63-36-40-85-74(48-63)55-21-11-4-12-22-55)86-51-79(70)87-75-29-25-56(60-33-37-82-71(45-60)52-15-5-1-6-16-52)41-66(75)67-42-57(26-30-76(67)87)61-34-38-83-72(46-61)53-17-7-2-8-18-53/h1-49,51H. The van der Waals surface area contributed by atoms with E-state index in [1.807, 2.05) is 128 Å². The van der Waals surface area contributed by atoms with Gasteiger partial charge >= 0.3 is 0 Å². The molecule has 0 aliphatic rings. The summed E-state index contributed by atoms with van der Waals surface area (Å²) in [6.45, 7) is 0. The predicted molar refractivity (Wildman–Crippen MR) is 358 cm³/mol. The van der Waals surface area contributed by atoms with Crippen molar-refractivity contribution in [2.24, 2.45) is 0 Å². The van der Waals surface area contributed by atoms with Gasteiger partial charge in [-0.15, -0.1) is 0 Å². The minimum Gasteiger partial charge on any atom is -0.307 e. The second kappa shape index (κ2) is 21.8. The highest BCUT2D eigenvalue weighted by Gasteiger charge is 2.23. The summed E-state index contributed by atoms with van der Waals surface area (Å²) in [6, 6.07) is 97.7. The lowest BCUT2D eigenvalue weighted by Crippen LogP contribution is -2.04. The average molecular weight is 1120 g/mol. The largest absolute Gasteiger partial charge is 0.307 e. The molecule has 0 amide bonds. The Kier molecular flexibility index (Phi) is 12.7. The Morgan fingerprint density at radius 2 is 0.580 bits per heavy atom. The molecule has 0 aliphatic heterocycles. The van der Waals surface area contributed by atoms with Crippen molar-refractivity contribution in [3.05, 3.63) is 310 Å². The Morgan fingerprint density at radius 3 is 0.932 bits per heavy atom. The van der Waals surface area contributed by atoms with Crippen LogP contribution in [0.1, 0.15) is 5.56 Å². The summed E-state index contributed by atoms with van der Waals surface area (Å²) in [6.07, 6.45) is 9.56. The Labute approximate surface area is 507 Å². The normalized spacial score (nSPS) is 11.4. The van der Waals surface area contributed by atoms with Crippen LogP contribution in [0, 0.1) is 11.3 Å². The Balaban J connectivity index is 0.909. The molecular formula is C80H50N8. The molecule has 0 fully saturated rings. The highest BCUT2D eigenvalue weighted by molar-refractivity contribution is 6.14.